The normalized spacial score (nSPS) is 32.4. The van der Waals surface area contributed by atoms with Gasteiger partial charge in [0.25, 0.3) is 0 Å². The predicted octanol–water partition coefficient (Wildman–Crippen LogP) is 1.97. The molecule has 5 aliphatic rings. The van der Waals surface area contributed by atoms with Crippen LogP contribution in [0, 0.1) is 29.1 Å². The number of likely N-dealkylation sites (tertiary alicyclic amines) is 1. The van der Waals surface area contributed by atoms with Gasteiger partial charge in [-0.3, -0.25) is 19.2 Å². The van der Waals surface area contributed by atoms with E-state index in [1.165, 1.54) is 24.2 Å². The van der Waals surface area contributed by atoms with Gasteiger partial charge >= 0.3 is 5.97 Å². The SMILES string of the molecule is CCOC(=O)C1CCCN(C(=O)CN(C)C(=O)CCNC(=O)C23CC4CC(CC(C4)C2)C3)C1. The summed E-state index contributed by atoms with van der Waals surface area (Å²) in [5.41, 5.74) is -0.205. The Hall–Kier alpha value is -2.12. The van der Waals surface area contributed by atoms with Gasteiger partial charge in [0.15, 0.2) is 0 Å². The number of amides is 3. The smallest absolute Gasteiger partial charge is 0.310 e. The standard InChI is InChI=1S/C25H39N3O5/c1-3-33-23(31)20-5-4-8-28(15-20)22(30)16-27(2)21(29)6-7-26-24(32)25-12-17-9-18(13-25)11-19(10-17)14-25/h17-20H,3-16H2,1-2H3,(H,26,32). The second kappa shape index (κ2) is 10.0. The van der Waals surface area contributed by atoms with Crippen molar-refractivity contribution in [3.05, 3.63) is 0 Å². The minimum Gasteiger partial charge on any atom is -0.466 e. The van der Waals surface area contributed by atoms with Crippen LogP contribution < -0.4 is 5.32 Å². The van der Waals surface area contributed by atoms with Crippen LogP contribution >= 0.6 is 0 Å². The molecule has 3 amide bonds. The summed E-state index contributed by atoms with van der Waals surface area (Å²) in [5, 5.41) is 3.04. The maximum atomic E-state index is 13.0. The molecular formula is C25H39N3O5. The van der Waals surface area contributed by atoms with Gasteiger partial charge in [-0.25, -0.2) is 0 Å². The number of hydrogen-bond donors (Lipinski definition) is 1. The lowest BCUT2D eigenvalue weighted by atomic mass is 9.49. The second-order valence-electron chi connectivity index (χ2n) is 10.9. The van der Waals surface area contributed by atoms with Crippen LogP contribution in [0.25, 0.3) is 0 Å². The van der Waals surface area contributed by atoms with Crippen molar-refractivity contribution in [1.82, 2.24) is 15.1 Å². The lowest BCUT2D eigenvalue weighted by Crippen LogP contribution is -2.54. The highest BCUT2D eigenvalue weighted by Crippen LogP contribution is 2.60. The molecule has 0 aromatic heterocycles. The Labute approximate surface area is 196 Å². The van der Waals surface area contributed by atoms with Crippen LogP contribution in [0.15, 0.2) is 0 Å². The van der Waals surface area contributed by atoms with Gasteiger partial charge in [-0.05, 0) is 76.0 Å². The number of likely N-dealkylation sites (N-methyl/N-ethyl adjacent to an activating group) is 1. The van der Waals surface area contributed by atoms with Crippen molar-refractivity contribution in [3.8, 4) is 0 Å². The van der Waals surface area contributed by atoms with E-state index in [0.717, 1.165) is 32.1 Å². The minimum absolute atomic E-state index is 0.0166. The molecule has 5 fully saturated rings. The quantitative estimate of drug-likeness (QED) is 0.558. The second-order valence-corrected chi connectivity index (χ2v) is 10.9. The molecule has 1 heterocycles. The number of carbonyl (C=O) groups is 4. The third-order valence-corrected chi connectivity index (χ3v) is 8.34. The van der Waals surface area contributed by atoms with Gasteiger partial charge < -0.3 is 19.9 Å². The van der Waals surface area contributed by atoms with E-state index in [2.05, 4.69) is 5.32 Å². The number of rotatable bonds is 8. The van der Waals surface area contributed by atoms with E-state index in [1.54, 1.807) is 18.9 Å². The molecule has 0 aromatic carbocycles. The molecule has 0 spiro atoms. The van der Waals surface area contributed by atoms with Crippen LogP contribution in [0.4, 0.5) is 0 Å². The summed E-state index contributed by atoms with van der Waals surface area (Å²) < 4.78 is 5.09. The molecule has 5 rings (SSSR count). The van der Waals surface area contributed by atoms with Gasteiger partial charge in [0.2, 0.25) is 17.7 Å². The van der Waals surface area contributed by atoms with E-state index in [1.807, 2.05) is 0 Å². The Morgan fingerprint density at radius 3 is 2.30 bits per heavy atom. The summed E-state index contributed by atoms with van der Waals surface area (Å²) in [7, 11) is 1.62. The monoisotopic (exact) mass is 461 g/mol. The molecule has 0 aromatic rings. The fraction of sp³-hybridized carbons (Fsp3) is 0.840. The van der Waals surface area contributed by atoms with E-state index < -0.39 is 0 Å². The molecule has 4 aliphatic carbocycles. The van der Waals surface area contributed by atoms with Gasteiger partial charge in [-0.15, -0.1) is 0 Å². The first-order chi connectivity index (χ1) is 15.8. The van der Waals surface area contributed by atoms with E-state index in [0.29, 0.717) is 44.0 Å². The molecule has 8 heteroatoms. The van der Waals surface area contributed by atoms with Crippen LogP contribution in [0.1, 0.15) is 64.7 Å². The maximum absolute atomic E-state index is 13.0. The number of hydrogen-bond acceptors (Lipinski definition) is 5. The van der Waals surface area contributed by atoms with Gasteiger partial charge in [0.1, 0.15) is 0 Å². The number of carbonyl (C=O) groups excluding carboxylic acids is 4. The summed E-state index contributed by atoms with van der Waals surface area (Å²) in [6.07, 6.45) is 8.57. The van der Waals surface area contributed by atoms with Crippen LogP contribution in [0.5, 0.6) is 0 Å². The number of nitrogens with one attached hydrogen (secondary N) is 1. The third kappa shape index (κ3) is 5.35. The summed E-state index contributed by atoms with van der Waals surface area (Å²) in [6, 6.07) is 0. The van der Waals surface area contributed by atoms with E-state index in [4.69, 9.17) is 4.74 Å². The Kier molecular flexibility index (Phi) is 7.29. The molecule has 0 radical (unpaired) electrons. The number of piperidine rings is 1. The van der Waals surface area contributed by atoms with Crippen molar-refractivity contribution in [2.45, 2.75) is 64.7 Å². The van der Waals surface area contributed by atoms with Crippen LogP contribution in [-0.2, 0) is 23.9 Å². The van der Waals surface area contributed by atoms with Crippen LogP contribution in [0.2, 0.25) is 0 Å². The Morgan fingerprint density at radius 1 is 1.06 bits per heavy atom. The van der Waals surface area contributed by atoms with Gasteiger partial charge in [-0.2, -0.15) is 0 Å². The minimum atomic E-state index is -0.288. The van der Waals surface area contributed by atoms with E-state index in [9.17, 15) is 19.2 Å². The van der Waals surface area contributed by atoms with Gasteiger partial charge in [0.05, 0.1) is 19.1 Å². The highest BCUT2D eigenvalue weighted by atomic mass is 16.5. The molecule has 1 saturated heterocycles. The first-order valence-electron chi connectivity index (χ1n) is 12.8. The molecular weight excluding hydrogens is 422 g/mol. The molecule has 1 N–H and O–H groups in total. The summed E-state index contributed by atoms with van der Waals surface area (Å²) in [6.45, 7) is 3.35. The predicted molar refractivity (Wildman–Crippen MR) is 122 cm³/mol. The lowest BCUT2D eigenvalue weighted by Gasteiger charge is -2.55. The largest absolute Gasteiger partial charge is 0.466 e. The van der Waals surface area contributed by atoms with Crippen molar-refractivity contribution in [3.63, 3.8) is 0 Å². The molecule has 1 aliphatic heterocycles. The zero-order valence-corrected chi connectivity index (χ0v) is 20.1. The van der Waals surface area contributed by atoms with E-state index >= 15 is 0 Å². The third-order valence-electron chi connectivity index (χ3n) is 8.34. The molecule has 4 bridgehead atoms. The van der Waals surface area contributed by atoms with Crippen molar-refractivity contribution in [1.29, 1.82) is 0 Å². The average Bonchev–Trinajstić information content (AvgIpc) is 2.78. The molecule has 1 atom stereocenters. The number of ether oxygens (including phenoxy) is 1. The van der Waals surface area contributed by atoms with Crippen LogP contribution in [-0.4, -0.2) is 73.3 Å². The first kappa shape index (κ1) is 24.0. The van der Waals surface area contributed by atoms with Crippen molar-refractivity contribution >= 4 is 23.7 Å². The van der Waals surface area contributed by atoms with Crippen molar-refractivity contribution in [2.24, 2.45) is 29.1 Å². The average molecular weight is 462 g/mol. The van der Waals surface area contributed by atoms with Crippen molar-refractivity contribution in [2.75, 3.05) is 39.8 Å². The zero-order valence-electron chi connectivity index (χ0n) is 20.1. The molecule has 1 unspecified atom stereocenters. The van der Waals surface area contributed by atoms with Gasteiger partial charge in [0, 0.05) is 38.5 Å². The fourth-order valence-corrected chi connectivity index (χ4v) is 7.10. The van der Waals surface area contributed by atoms with Crippen molar-refractivity contribution < 1.29 is 23.9 Å². The maximum Gasteiger partial charge on any atom is 0.310 e. The van der Waals surface area contributed by atoms with E-state index in [-0.39, 0.29) is 48.0 Å². The molecule has 4 saturated carbocycles. The fourth-order valence-electron chi connectivity index (χ4n) is 7.10. The van der Waals surface area contributed by atoms with Gasteiger partial charge in [-0.1, -0.05) is 0 Å². The lowest BCUT2D eigenvalue weighted by molar-refractivity contribution is -0.152. The Morgan fingerprint density at radius 2 is 1.70 bits per heavy atom. The Balaban J connectivity index is 1.19. The van der Waals surface area contributed by atoms with Crippen LogP contribution in [0.3, 0.4) is 0 Å². The molecule has 33 heavy (non-hydrogen) atoms. The summed E-state index contributed by atoms with van der Waals surface area (Å²) in [5.74, 6) is 1.40. The number of nitrogens with zero attached hydrogens (tertiary/aromatic N) is 2. The highest BCUT2D eigenvalue weighted by molar-refractivity contribution is 5.86. The molecule has 8 nitrogen and oxygen atoms in total. The summed E-state index contributed by atoms with van der Waals surface area (Å²) in [4.78, 5) is 53.4. The summed E-state index contributed by atoms with van der Waals surface area (Å²) >= 11 is 0. The first-order valence-corrected chi connectivity index (χ1v) is 12.8. The number of esters is 1. The topological polar surface area (TPSA) is 96.0 Å². The highest BCUT2D eigenvalue weighted by Gasteiger charge is 2.54. The Bertz CT molecular complexity index is 747. The molecule has 184 valence electrons. The zero-order chi connectivity index (χ0) is 23.6.